The van der Waals surface area contributed by atoms with Gasteiger partial charge >= 0.3 is 5.97 Å². The summed E-state index contributed by atoms with van der Waals surface area (Å²) in [6.45, 7) is 5.28. The Balaban J connectivity index is 2.99. The molecule has 0 saturated carbocycles. The van der Waals surface area contributed by atoms with Gasteiger partial charge in [-0.25, -0.2) is 4.79 Å². The van der Waals surface area contributed by atoms with Gasteiger partial charge in [0.2, 0.25) is 0 Å². The Morgan fingerprint density at radius 2 is 2.08 bits per heavy atom. The van der Waals surface area contributed by atoms with E-state index in [1.54, 1.807) is 7.11 Å². The minimum Gasteiger partial charge on any atom is -0.460 e. The van der Waals surface area contributed by atoms with Gasteiger partial charge in [-0.3, -0.25) is 0 Å². The van der Waals surface area contributed by atoms with Gasteiger partial charge in [0.15, 0.2) is 0 Å². The van der Waals surface area contributed by atoms with E-state index in [2.05, 4.69) is 11.3 Å². The molecule has 0 aliphatic carbocycles. The van der Waals surface area contributed by atoms with Crippen LogP contribution < -0.4 is 0 Å². The van der Waals surface area contributed by atoms with E-state index in [9.17, 15) is 4.79 Å². The van der Waals surface area contributed by atoms with Crippen LogP contribution in [0.25, 0.3) is 0 Å². The number of hydrogen-bond donors (Lipinski definition) is 0. The van der Waals surface area contributed by atoms with E-state index >= 15 is 0 Å². The van der Waals surface area contributed by atoms with Crippen LogP contribution in [-0.4, -0.2) is 39.5 Å². The van der Waals surface area contributed by atoms with Gasteiger partial charge in [0.25, 0.3) is 0 Å². The van der Waals surface area contributed by atoms with Crippen LogP contribution in [0.4, 0.5) is 0 Å². The molecule has 0 aromatic rings. The number of carbonyl (C=O) groups is 1. The van der Waals surface area contributed by atoms with Crippen molar-refractivity contribution in [2.24, 2.45) is 0 Å². The molecule has 76 valence electrons. The smallest absolute Gasteiger partial charge is 0.330 e. The van der Waals surface area contributed by atoms with E-state index < -0.39 is 5.97 Å². The number of carbonyl (C=O) groups excluding carboxylic acids is 1. The van der Waals surface area contributed by atoms with Gasteiger partial charge in [0.05, 0.1) is 6.61 Å². The summed E-state index contributed by atoms with van der Waals surface area (Å²) < 4.78 is 14.6. The molecule has 0 heterocycles. The minimum atomic E-state index is -0.416. The molecule has 0 aromatic heterocycles. The molecule has 0 N–H and O–H groups in total. The van der Waals surface area contributed by atoms with Crippen molar-refractivity contribution in [2.75, 3.05) is 33.5 Å². The van der Waals surface area contributed by atoms with Crippen molar-refractivity contribution in [3.05, 3.63) is 12.7 Å². The second-order valence-electron chi connectivity index (χ2n) is 2.33. The zero-order valence-electron chi connectivity index (χ0n) is 7.95. The van der Waals surface area contributed by atoms with Crippen LogP contribution in [0, 0.1) is 0 Å². The summed E-state index contributed by atoms with van der Waals surface area (Å²) in [5.41, 5.74) is 0. The number of rotatable bonds is 8. The quantitative estimate of drug-likeness (QED) is 0.320. The molecular formula is C9H16O4. The minimum absolute atomic E-state index is 0.276. The maximum Gasteiger partial charge on any atom is 0.330 e. The van der Waals surface area contributed by atoms with Crippen molar-refractivity contribution < 1.29 is 19.0 Å². The summed E-state index contributed by atoms with van der Waals surface area (Å²) in [6.07, 6.45) is 1.98. The van der Waals surface area contributed by atoms with Gasteiger partial charge in [0.1, 0.15) is 6.61 Å². The average Bonchev–Trinajstić information content (AvgIpc) is 2.16. The topological polar surface area (TPSA) is 44.8 Å². The first-order valence-electron chi connectivity index (χ1n) is 4.17. The molecule has 0 aliphatic heterocycles. The van der Waals surface area contributed by atoms with Crippen molar-refractivity contribution in [1.29, 1.82) is 0 Å². The van der Waals surface area contributed by atoms with Crippen LogP contribution in [-0.2, 0) is 19.0 Å². The van der Waals surface area contributed by atoms with Crippen molar-refractivity contribution in [3.8, 4) is 0 Å². The first-order valence-corrected chi connectivity index (χ1v) is 4.17. The standard InChI is InChI=1S/C9H16O4/c1-3-9(10)13-8-7-12-6-4-5-11-2/h3H,1,4-8H2,2H3. The van der Waals surface area contributed by atoms with Crippen molar-refractivity contribution in [1.82, 2.24) is 0 Å². The molecule has 0 spiro atoms. The molecule has 0 atom stereocenters. The summed E-state index contributed by atoms with van der Waals surface area (Å²) in [6, 6.07) is 0. The van der Waals surface area contributed by atoms with E-state index in [4.69, 9.17) is 9.47 Å². The second kappa shape index (κ2) is 9.22. The Hall–Kier alpha value is -0.870. The van der Waals surface area contributed by atoms with E-state index in [-0.39, 0.29) is 6.61 Å². The van der Waals surface area contributed by atoms with Crippen LogP contribution in [0.3, 0.4) is 0 Å². The van der Waals surface area contributed by atoms with Crippen LogP contribution in [0.15, 0.2) is 12.7 Å². The maximum atomic E-state index is 10.5. The van der Waals surface area contributed by atoms with Gasteiger partial charge in [-0.2, -0.15) is 0 Å². The normalized spacial score (nSPS) is 9.62. The fraction of sp³-hybridized carbons (Fsp3) is 0.667. The lowest BCUT2D eigenvalue weighted by Crippen LogP contribution is -2.09. The first-order chi connectivity index (χ1) is 6.31. The fourth-order valence-corrected chi connectivity index (χ4v) is 0.667. The largest absolute Gasteiger partial charge is 0.460 e. The summed E-state index contributed by atoms with van der Waals surface area (Å²) in [7, 11) is 1.64. The number of methoxy groups -OCH3 is 1. The predicted octanol–water partition coefficient (Wildman–Crippen LogP) is 0.769. The van der Waals surface area contributed by atoms with Crippen LogP contribution >= 0.6 is 0 Å². The van der Waals surface area contributed by atoms with Crippen molar-refractivity contribution in [3.63, 3.8) is 0 Å². The van der Waals surface area contributed by atoms with E-state index in [1.165, 1.54) is 0 Å². The molecule has 0 aliphatic rings. The lowest BCUT2D eigenvalue weighted by atomic mass is 10.5. The van der Waals surface area contributed by atoms with Gasteiger partial charge in [-0.1, -0.05) is 6.58 Å². The fourth-order valence-electron chi connectivity index (χ4n) is 0.667. The lowest BCUT2D eigenvalue weighted by molar-refractivity contribution is -0.139. The molecule has 0 bridgehead atoms. The summed E-state index contributed by atoms with van der Waals surface area (Å²) in [5.74, 6) is -0.416. The molecule has 4 heteroatoms. The molecule has 0 aromatic carbocycles. The Morgan fingerprint density at radius 3 is 2.69 bits per heavy atom. The molecule has 0 saturated heterocycles. The third-order valence-corrected chi connectivity index (χ3v) is 1.28. The molecule has 4 nitrogen and oxygen atoms in total. The van der Waals surface area contributed by atoms with Crippen LogP contribution in [0.2, 0.25) is 0 Å². The Labute approximate surface area is 78.5 Å². The van der Waals surface area contributed by atoms with Gasteiger partial charge in [0, 0.05) is 26.4 Å². The lowest BCUT2D eigenvalue weighted by Gasteiger charge is -2.03. The highest BCUT2D eigenvalue weighted by Crippen LogP contribution is 1.85. The summed E-state index contributed by atoms with van der Waals surface area (Å²) in [5, 5.41) is 0. The maximum absolute atomic E-state index is 10.5. The second-order valence-corrected chi connectivity index (χ2v) is 2.33. The predicted molar refractivity (Wildman–Crippen MR) is 48.5 cm³/mol. The highest BCUT2D eigenvalue weighted by molar-refractivity contribution is 5.81. The van der Waals surface area contributed by atoms with Gasteiger partial charge in [-0.05, 0) is 6.42 Å². The summed E-state index contributed by atoms with van der Waals surface area (Å²) >= 11 is 0. The van der Waals surface area contributed by atoms with Gasteiger partial charge < -0.3 is 14.2 Å². The Kier molecular flexibility index (Phi) is 8.60. The number of hydrogen-bond acceptors (Lipinski definition) is 4. The molecule has 0 unspecified atom stereocenters. The van der Waals surface area contributed by atoms with Crippen LogP contribution in [0.5, 0.6) is 0 Å². The van der Waals surface area contributed by atoms with Crippen LogP contribution in [0.1, 0.15) is 6.42 Å². The molecule has 0 rings (SSSR count). The van der Waals surface area contributed by atoms with E-state index in [0.717, 1.165) is 12.5 Å². The third-order valence-electron chi connectivity index (χ3n) is 1.28. The first kappa shape index (κ1) is 12.1. The monoisotopic (exact) mass is 188 g/mol. The highest BCUT2D eigenvalue weighted by Gasteiger charge is 1.94. The van der Waals surface area contributed by atoms with E-state index in [1.807, 2.05) is 0 Å². The highest BCUT2D eigenvalue weighted by atomic mass is 16.6. The third kappa shape index (κ3) is 9.04. The number of esters is 1. The zero-order valence-corrected chi connectivity index (χ0v) is 7.95. The molecule has 0 amide bonds. The number of ether oxygens (including phenoxy) is 3. The zero-order chi connectivity index (χ0) is 9.94. The van der Waals surface area contributed by atoms with Gasteiger partial charge in [-0.15, -0.1) is 0 Å². The molecule has 0 fully saturated rings. The average molecular weight is 188 g/mol. The molecule has 13 heavy (non-hydrogen) atoms. The Morgan fingerprint density at radius 1 is 1.31 bits per heavy atom. The Bertz CT molecular complexity index is 145. The van der Waals surface area contributed by atoms with E-state index in [0.29, 0.717) is 19.8 Å². The SMILES string of the molecule is C=CC(=O)OCCOCCCOC. The molecule has 0 radical (unpaired) electrons. The summed E-state index contributed by atoms with van der Waals surface area (Å²) in [4.78, 5) is 10.5. The molecular weight excluding hydrogens is 172 g/mol. The van der Waals surface area contributed by atoms with Crippen molar-refractivity contribution in [2.45, 2.75) is 6.42 Å². The van der Waals surface area contributed by atoms with Crippen molar-refractivity contribution >= 4 is 5.97 Å².